The van der Waals surface area contributed by atoms with Gasteiger partial charge in [0.2, 0.25) is 5.91 Å². The van der Waals surface area contributed by atoms with Crippen LogP contribution in [0.15, 0.2) is 78.9 Å². The summed E-state index contributed by atoms with van der Waals surface area (Å²) in [5.74, 6) is 0.294. The molecule has 0 radical (unpaired) electrons. The molecule has 0 aliphatic carbocycles. The molecule has 3 aromatic carbocycles. The van der Waals surface area contributed by atoms with Crippen molar-refractivity contribution in [1.29, 1.82) is 0 Å². The third kappa shape index (κ3) is 5.41. The lowest BCUT2D eigenvalue weighted by Crippen LogP contribution is -2.73. The van der Waals surface area contributed by atoms with Crippen molar-refractivity contribution in [2.75, 3.05) is 27.2 Å². The number of nitrogens with one attached hydrogen (secondary N) is 1. The van der Waals surface area contributed by atoms with E-state index in [9.17, 15) is 14.4 Å². The Hall–Kier alpha value is -4.08. The van der Waals surface area contributed by atoms with Gasteiger partial charge in [0.05, 0.1) is 20.2 Å². The van der Waals surface area contributed by atoms with Gasteiger partial charge in [0, 0.05) is 25.2 Å². The number of hydrogen-bond donors (Lipinski definition) is 1. The van der Waals surface area contributed by atoms with Crippen LogP contribution in [0.3, 0.4) is 0 Å². The number of fused-ring (bicyclic) bond motifs is 1. The van der Waals surface area contributed by atoms with Crippen LogP contribution in [0, 0.1) is 0 Å². The monoisotopic (exact) mass is 547 g/mol. The third-order valence-electron chi connectivity index (χ3n) is 7.08. The summed E-state index contributed by atoms with van der Waals surface area (Å²) in [6.07, 6.45) is -0.711. The molecule has 2 fully saturated rings. The first kappa shape index (κ1) is 26.5. The lowest BCUT2D eigenvalue weighted by molar-refractivity contribution is -0.188. The van der Waals surface area contributed by atoms with Crippen molar-refractivity contribution in [3.63, 3.8) is 0 Å². The Labute approximate surface area is 232 Å². The molecule has 2 atom stereocenters. The Morgan fingerprint density at radius 1 is 1.00 bits per heavy atom. The molecule has 0 spiro atoms. The lowest BCUT2D eigenvalue weighted by Gasteiger charge is -2.54. The van der Waals surface area contributed by atoms with Gasteiger partial charge in [-0.2, -0.15) is 0 Å². The van der Waals surface area contributed by atoms with Crippen LogP contribution < -0.4 is 10.1 Å². The Bertz CT molecular complexity index is 1350. The first-order valence-electron chi connectivity index (χ1n) is 12.7. The van der Waals surface area contributed by atoms with Gasteiger partial charge in [0.15, 0.2) is 0 Å². The summed E-state index contributed by atoms with van der Waals surface area (Å²) in [5.41, 5.74) is 2.38. The maximum Gasteiger partial charge on any atom is 0.334 e. The summed E-state index contributed by atoms with van der Waals surface area (Å²) >= 11 is 6.43. The van der Waals surface area contributed by atoms with E-state index in [0.29, 0.717) is 10.6 Å². The molecule has 3 aromatic rings. The van der Waals surface area contributed by atoms with E-state index in [-0.39, 0.29) is 44.0 Å². The molecule has 2 aliphatic heterocycles. The molecule has 0 saturated carbocycles. The van der Waals surface area contributed by atoms with Crippen LogP contribution in [0.4, 0.5) is 4.79 Å². The van der Waals surface area contributed by atoms with E-state index in [1.54, 1.807) is 35.0 Å². The molecule has 4 amide bonds. The summed E-state index contributed by atoms with van der Waals surface area (Å²) < 4.78 is 5.21. The van der Waals surface area contributed by atoms with Gasteiger partial charge in [0.1, 0.15) is 18.0 Å². The fraction of sp³-hybridized carbons (Fsp3) is 0.276. The number of hydrogen-bond acceptors (Lipinski definition) is 5. The number of piperazine rings is 1. The molecule has 10 heteroatoms. The van der Waals surface area contributed by atoms with Crippen molar-refractivity contribution < 1.29 is 19.1 Å². The quantitative estimate of drug-likeness (QED) is 0.509. The third-order valence-corrected chi connectivity index (χ3v) is 7.44. The highest BCUT2D eigenvalue weighted by Crippen LogP contribution is 2.35. The van der Waals surface area contributed by atoms with Crippen molar-refractivity contribution in [2.24, 2.45) is 0 Å². The van der Waals surface area contributed by atoms with Gasteiger partial charge in [-0.3, -0.25) is 9.59 Å². The molecule has 0 aromatic heterocycles. The minimum Gasteiger partial charge on any atom is -0.497 e. The molecule has 39 heavy (non-hydrogen) atoms. The first-order chi connectivity index (χ1) is 18.9. The zero-order chi connectivity index (χ0) is 27.5. The smallest absolute Gasteiger partial charge is 0.334 e. The van der Waals surface area contributed by atoms with Crippen LogP contribution in [0.2, 0.25) is 5.02 Å². The van der Waals surface area contributed by atoms with Gasteiger partial charge >= 0.3 is 6.03 Å². The average Bonchev–Trinajstić information content (AvgIpc) is 2.94. The minimum absolute atomic E-state index is 0.0341. The largest absolute Gasteiger partial charge is 0.497 e. The summed E-state index contributed by atoms with van der Waals surface area (Å²) in [7, 11) is 3.30. The number of rotatable bonds is 6. The number of hydrazine groups is 1. The van der Waals surface area contributed by atoms with Crippen LogP contribution in [-0.2, 0) is 22.7 Å². The number of likely N-dealkylation sites (N-methyl/N-ethyl adjacent to an activating group) is 1. The second-order valence-electron chi connectivity index (χ2n) is 9.57. The number of ether oxygens (including phenoxy) is 1. The van der Waals surface area contributed by atoms with Crippen LogP contribution in [-0.4, -0.2) is 71.1 Å². The maximum absolute atomic E-state index is 13.9. The van der Waals surface area contributed by atoms with Gasteiger partial charge in [-0.25, -0.2) is 14.8 Å². The molecule has 5 rings (SSSR count). The maximum atomic E-state index is 13.9. The number of amides is 4. The van der Waals surface area contributed by atoms with Gasteiger partial charge in [-0.05, 0) is 34.9 Å². The van der Waals surface area contributed by atoms with E-state index in [1.165, 1.54) is 5.01 Å². The van der Waals surface area contributed by atoms with Gasteiger partial charge < -0.3 is 19.9 Å². The highest BCUT2D eigenvalue weighted by atomic mass is 35.5. The van der Waals surface area contributed by atoms with Crippen LogP contribution in [0.1, 0.15) is 22.7 Å². The highest BCUT2D eigenvalue weighted by molar-refractivity contribution is 6.31. The Kier molecular flexibility index (Phi) is 7.72. The molecular formula is C29H30ClN5O4. The zero-order valence-corrected chi connectivity index (χ0v) is 22.5. The minimum atomic E-state index is -0.870. The van der Waals surface area contributed by atoms with E-state index in [4.69, 9.17) is 16.3 Å². The Balaban J connectivity index is 1.46. The van der Waals surface area contributed by atoms with Crippen molar-refractivity contribution >= 4 is 29.4 Å². The predicted octanol–water partition coefficient (Wildman–Crippen LogP) is 3.66. The van der Waals surface area contributed by atoms with Crippen molar-refractivity contribution in [2.45, 2.75) is 25.3 Å². The van der Waals surface area contributed by atoms with E-state index >= 15 is 0 Å². The second-order valence-corrected chi connectivity index (χ2v) is 9.98. The average molecular weight is 548 g/mol. The molecule has 0 unspecified atom stereocenters. The summed E-state index contributed by atoms with van der Waals surface area (Å²) in [4.78, 5) is 44.1. The summed E-state index contributed by atoms with van der Waals surface area (Å²) in [6.45, 7) is 0.649. The van der Waals surface area contributed by atoms with Gasteiger partial charge in [0.25, 0.3) is 5.91 Å². The van der Waals surface area contributed by atoms with E-state index < -0.39 is 12.2 Å². The number of nitrogens with zero attached hydrogens (tertiary/aromatic N) is 4. The highest BCUT2D eigenvalue weighted by Gasteiger charge is 2.51. The van der Waals surface area contributed by atoms with Crippen molar-refractivity contribution in [1.82, 2.24) is 25.1 Å². The van der Waals surface area contributed by atoms with Crippen LogP contribution >= 0.6 is 11.6 Å². The second kappa shape index (κ2) is 11.3. The molecule has 2 heterocycles. The fourth-order valence-corrected chi connectivity index (χ4v) is 5.33. The fourth-order valence-electron chi connectivity index (χ4n) is 5.13. The lowest BCUT2D eigenvalue weighted by atomic mass is 9.98. The summed E-state index contributed by atoms with van der Waals surface area (Å²) in [6, 6.07) is 22.7. The van der Waals surface area contributed by atoms with Crippen LogP contribution in [0.25, 0.3) is 0 Å². The Morgan fingerprint density at radius 3 is 2.38 bits per heavy atom. The number of benzene rings is 3. The summed E-state index contributed by atoms with van der Waals surface area (Å²) in [5, 5.41) is 6.66. The van der Waals surface area contributed by atoms with E-state index in [2.05, 4.69) is 5.32 Å². The van der Waals surface area contributed by atoms with Crippen molar-refractivity contribution in [3.8, 4) is 5.75 Å². The van der Waals surface area contributed by atoms with Crippen molar-refractivity contribution in [3.05, 3.63) is 101 Å². The molecule has 9 nitrogen and oxygen atoms in total. The zero-order valence-electron chi connectivity index (χ0n) is 21.8. The van der Waals surface area contributed by atoms with E-state index in [0.717, 1.165) is 16.9 Å². The number of methoxy groups -OCH3 is 1. The molecule has 0 bridgehead atoms. The topological polar surface area (TPSA) is 85.4 Å². The molecule has 1 N–H and O–H groups in total. The molecule has 2 saturated heterocycles. The number of urea groups is 1. The van der Waals surface area contributed by atoms with Gasteiger partial charge in [-0.15, -0.1) is 0 Å². The molecule has 202 valence electrons. The van der Waals surface area contributed by atoms with E-state index in [1.807, 2.05) is 72.8 Å². The Morgan fingerprint density at radius 2 is 1.69 bits per heavy atom. The predicted molar refractivity (Wildman–Crippen MR) is 146 cm³/mol. The number of carbonyl (C=O) groups excluding carboxylic acids is 3. The first-order valence-corrected chi connectivity index (χ1v) is 13.0. The molecular weight excluding hydrogens is 518 g/mol. The standard InChI is InChI=1S/C29H30ClN5O4/c1-32-19-26(36)34-25(35(32)29(38)31-16-20-12-14-23(39-2)15-13-20)18-33(17-22-10-6-7-11-24(22)30)28(37)27(34)21-8-4-3-5-9-21/h3-15,25,27H,16-19H2,1-2H3,(H,31,38)/t25-,27-/m0/s1. The number of halogens is 1. The van der Waals surface area contributed by atoms with Crippen LogP contribution in [0.5, 0.6) is 5.75 Å². The molecule has 2 aliphatic rings. The van der Waals surface area contributed by atoms with Gasteiger partial charge in [-0.1, -0.05) is 72.3 Å². The normalized spacial score (nSPS) is 19.6. The number of carbonyl (C=O) groups is 3. The SMILES string of the molecule is COc1ccc(CNC(=O)N2[C@H]3CN(Cc4ccccc4Cl)C(=O)[C@H](c4ccccc4)N3C(=O)CN2C)cc1.